The molecule has 0 aromatic rings. The summed E-state index contributed by atoms with van der Waals surface area (Å²) < 4.78 is 0. The van der Waals surface area contributed by atoms with Crippen molar-refractivity contribution >= 4 is 17.9 Å². The Morgan fingerprint density at radius 3 is 0.514 bits per heavy atom. The maximum absolute atomic E-state index is 9.49. The molecular weight excluding hydrogens is 512 g/mol. The van der Waals surface area contributed by atoms with Crippen molar-refractivity contribution in [3.05, 3.63) is 0 Å². The molecule has 6 nitrogen and oxygen atoms in total. The Balaban J connectivity index is -0.000000176. The van der Waals surface area contributed by atoms with Crippen molar-refractivity contribution < 1.29 is 46.8 Å². The second kappa shape index (κ2) is 39.4. The quantitative estimate of drug-likeness (QED) is 0.383. The van der Waals surface area contributed by atoms with Gasteiger partial charge in [-0.25, -0.2) is 0 Å². The summed E-state index contributed by atoms with van der Waals surface area (Å²) in [4.78, 5) is 28.5. The fourth-order valence-electron chi connectivity index (χ4n) is 3.79. The third-order valence-corrected chi connectivity index (χ3v) is 5.86. The molecule has 3 rings (SSSR count). The zero-order valence-corrected chi connectivity index (χ0v) is 25.4. The largest absolute Gasteiger partial charge is 3.00 e. The number of hydrogen-bond donors (Lipinski definition) is 0. The van der Waals surface area contributed by atoms with Crippen molar-refractivity contribution in [2.75, 3.05) is 0 Å². The molecule has 0 unspecified atom stereocenters. The first-order chi connectivity index (χ1) is 17.3. The van der Waals surface area contributed by atoms with Crippen LogP contribution in [0, 0.1) is 0 Å². The molecular formula is C30H57FeO6. The second-order valence-corrected chi connectivity index (χ2v) is 9.73. The smallest absolute Gasteiger partial charge is 0.550 e. The van der Waals surface area contributed by atoms with Gasteiger partial charge in [-0.2, -0.15) is 0 Å². The zero-order valence-electron chi connectivity index (χ0n) is 24.3. The van der Waals surface area contributed by atoms with Crippen LogP contribution in [0.4, 0.5) is 0 Å². The molecule has 3 aliphatic rings. The molecule has 0 amide bonds. The maximum atomic E-state index is 9.49. The Labute approximate surface area is 239 Å². The number of carboxylic acids is 3. The van der Waals surface area contributed by atoms with Crippen LogP contribution in [0.5, 0.6) is 0 Å². The molecule has 3 aliphatic carbocycles. The van der Waals surface area contributed by atoms with Gasteiger partial charge in [-0.1, -0.05) is 156 Å². The summed E-state index contributed by atoms with van der Waals surface area (Å²) in [5, 5.41) is 28.5. The number of hydrogen-bond acceptors (Lipinski definition) is 6. The standard InChI is InChI=1S/3C6H12.3C4H8O2.Fe/c3*1-2-4-6-5-3-1;3*1-2-3-4(5)6;/h3*1-6H2;3*2-3H2,1H3,(H,5,6);/q;;;;;;+3/p-3. The van der Waals surface area contributed by atoms with Crippen molar-refractivity contribution in [3.63, 3.8) is 0 Å². The summed E-state index contributed by atoms with van der Waals surface area (Å²) in [6.45, 7) is 5.40. The van der Waals surface area contributed by atoms with Crippen molar-refractivity contribution in [1.29, 1.82) is 0 Å². The van der Waals surface area contributed by atoms with Gasteiger partial charge >= 0.3 is 17.1 Å². The minimum atomic E-state index is -0.961. The summed E-state index contributed by atoms with van der Waals surface area (Å²) >= 11 is 0. The monoisotopic (exact) mass is 569 g/mol. The van der Waals surface area contributed by atoms with E-state index in [1.54, 1.807) is 20.8 Å². The average Bonchev–Trinajstić information content (AvgIpc) is 2.89. The van der Waals surface area contributed by atoms with Gasteiger partial charge in [0.25, 0.3) is 0 Å². The van der Waals surface area contributed by atoms with Gasteiger partial charge in [0.2, 0.25) is 0 Å². The molecule has 3 saturated carbocycles. The van der Waals surface area contributed by atoms with Crippen LogP contribution in [-0.4, -0.2) is 17.9 Å². The predicted octanol–water partition coefficient (Wildman–Crippen LogP) is 5.63. The van der Waals surface area contributed by atoms with E-state index in [-0.39, 0.29) is 36.3 Å². The van der Waals surface area contributed by atoms with Crippen molar-refractivity contribution in [2.45, 2.75) is 175 Å². The van der Waals surface area contributed by atoms with Crippen LogP contribution in [-0.2, 0) is 31.5 Å². The van der Waals surface area contributed by atoms with Gasteiger partial charge < -0.3 is 29.7 Å². The molecule has 0 aromatic heterocycles. The van der Waals surface area contributed by atoms with Crippen LogP contribution >= 0.6 is 0 Å². The van der Waals surface area contributed by atoms with Gasteiger partial charge in [-0.05, 0) is 19.3 Å². The Hall–Kier alpha value is -1.07. The van der Waals surface area contributed by atoms with Gasteiger partial charge in [0, 0.05) is 17.9 Å². The molecule has 1 radical (unpaired) electrons. The molecule has 3 fully saturated rings. The molecule has 0 aliphatic heterocycles. The first-order valence-corrected chi connectivity index (χ1v) is 14.9. The third-order valence-electron chi connectivity index (χ3n) is 5.86. The minimum absolute atomic E-state index is 0. The molecule has 0 aromatic carbocycles. The molecule has 0 atom stereocenters. The number of rotatable bonds is 6. The van der Waals surface area contributed by atoms with Gasteiger partial charge in [-0.3, -0.25) is 0 Å². The number of aliphatic carboxylic acids is 3. The first-order valence-electron chi connectivity index (χ1n) is 14.9. The van der Waals surface area contributed by atoms with E-state index in [0.717, 1.165) is 0 Å². The summed E-state index contributed by atoms with van der Waals surface area (Å²) in [6.07, 6.45) is 29.5. The van der Waals surface area contributed by atoms with E-state index < -0.39 is 17.9 Å². The normalized spacial score (nSPS) is 15.6. The number of carbonyl (C=O) groups excluding carboxylic acids is 3. The van der Waals surface area contributed by atoms with E-state index in [1.807, 2.05) is 0 Å². The van der Waals surface area contributed by atoms with Crippen LogP contribution in [0.15, 0.2) is 0 Å². The molecule has 7 heteroatoms. The Kier molecular flexibility index (Phi) is 45.8. The Morgan fingerprint density at radius 1 is 0.378 bits per heavy atom. The fourth-order valence-corrected chi connectivity index (χ4v) is 3.79. The molecule has 0 spiro atoms. The van der Waals surface area contributed by atoms with Gasteiger partial charge in [0.15, 0.2) is 0 Å². The number of carboxylic acid groups (broad SMARTS) is 3. The molecule has 0 N–H and O–H groups in total. The van der Waals surface area contributed by atoms with Crippen LogP contribution in [0.25, 0.3) is 0 Å². The van der Waals surface area contributed by atoms with E-state index in [4.69, 9.17) is 0 Å². The summed E-state index contributed by atoms with van der Waals surface area (Å²) in [7, 11) is 0. The van der Waals surface area contributed by atoms with Crippen LogP contribution < -0.4 is 15.3 Å². The second-order valence-electron chi connectivity index (χ2n) is 9.73. The van der Waals surface area contributed by atoms with Crippen LogP contribution in [0.3, 0.4) is 0 Å². The minimum Gasteiger partial charge on any atom is -0.550 e. The van der Waals surface area contributed by atoms with E-state index in [2.05, 4.69) is 0 Å². The third kappa shape index (κ3) is 56.3. The fraction of sp³-hybridized carbons (Fsp3) is 0.900. The molecule has 0 saturated heterocycles. The summed E-state index contributed by atoms with van der Waals surface area (Å²) in [6, 6.07) is 0. The van der Waals surface area contributed by atoms with Gasteiger partial charge in [0.05, 0.1) is 0 Å². The van der Waals surface area contributed by atoms with Crippen molar-refractivity contribution in [1.82, 2.24) is 0 Å². The van der Waals surface area contributed by atoms with E-state index in [1.165, 1.54) is 116 Å². The molecule has 37 heavy (non-hydrogen) atoms. The Morgan fingerprint density at radius 2 is 0.486 bits per heavy atom. The summed E-state index contributed by atoms with van der Waals surface area (Å²) in [5.74, 6) is -2.88. The maximum Gasteiger partial charge on any atom is 3.00 e. The predicted molar refractivity (Wildman–Crippen MR) is 143 cm³/mol. The zero-order chi connectivity index (χ0) is 27.7. The Bertz CT molecular complexity index is 358. The topological polar surface area (TPSA) is 120 Å². The van der Waals surface area contributed by atoms with Crippen molar-refractivity contribution in [3.8, 4) is 0 Å². The average molecular weight is 570 g/mol. The molecule has 0 heterocycles. The van der Waals surface area contributed by atoms with Gasteiger partial charge in [-0.15, -0.1) is 0 Å². The van der Waals surface area contributed by atoms with Crippen LogP contribution in [0.1, 0.15) is 175 Å². The van der Waals surface area contributed by atoms with Crippen LogP contribution in [0.2, 0.25) is 0 Å². The first kappa shape index (κ1) is 43.0. The van der Waals surface area contributed by atoms with E-state index >= 15 is 0 Å². The van der Waals surface area contributed by atoms with Gasteiger partial charge in [0.1, 0.15) is 0 Å². The SMILES string of the molecule is C1CCCCC1.C1CCCCC1.C1CCCCC1.CCCC(=O)[O-].CCCC(=O)[O-].CCCC(=O)[O-].[Fe+3]. The molecule has 221 valence electrons. The van der Waals surface area contributed by atoms with Crippen molar-refractivity contribution in [2.24, 2.45) is 0 Å². The summed E-state index contributed by atoms with van der Waals surface area (Å²) in [5.41, 5.74) is 0. The van der Waals surface area contributed by atoms with E-state index in [9.17, 15) is 29.7 Å². The number of carbonyl (C=O) groups is 3. The van der Waals surface area contributed by atoms with E-state index in [0.29, 0.717) is 19.3 Å². The molecule has 0 bridgehead atoms.